The van der Waals surface area contributed by atoms with Crippen LogP contribution >= 0.6 is 11.3 Å². The molecule has 0 unspecified atom stereocenters. The molecular formula is C15H25N3OS. The minimum Gasteiger partial charge on any atom is -0.356 e. The zero-order valence-corrected chi connectivity index (χ0v) is 13.6. The van der Waals surface area contributed by atoms with Gasteiger partial charge in [-0.05, 0) is 18.3 Å². The third kappa shape index (κ3) is 4.78. The lowest BCUT2D eigenvalue weighted by atomic mass is 9.92. The van der Waals surface area contributed by atoms with Crippen molar-refractivity contribution in [2.24, 2.45) is 5.41 Å². The fourth-order valence-electron chi connectivity index (χ4n) is 2.34. The van der Waals surface area contributed by atoms with Crippen LogP contribution in [0, 0.1) is 5.41 Å². The second-order valence-electron chi connectivity index (χ2n) is 6.65. The van der Waals surface area contributed by atoms with Gasteiger partial charge in [-0.1, -0.05) is 20.8 Å². The summed E-state index contributed by atoms with van der Waals surface area (Å²) in [7, 11) is 0. The number of anilines is 1. The number of amides is 1. The van der Waals surface area contributed by atoms with Crippen LogP contribution in [0.1, 0.15) is 45.7 Å². The fraction of sp³-hybridized carbons (Fsp3) is 0.733. The topological polar surface area (TPSA) is 45.2 Å². The van der Waals surface area contributed by atoms with Crippen molar-refractivity contribution in [1.82, 2.24) is 10.3 Å². The van der Waals surface area contributed by atoms with Gasteiger partial charge in [0.05, 0.1) is 5.69 Å². The molecule has 0 spiro atoms. The lowest BCUT2D eigenvalue weighted by Gasteiger charge is -2.17. The zero-order chi connectivity index (χ0) is 14.6. The molecule has 5 heteroatoms. The van der Waals surface area contributed by atoms with Gasteiger partial charge in [-0.25, -0.2) is 4.98 Å². The van der Waals surface area contributed by atoms with Crippen LogP contribution in [0.2, 0.25) is 0 Å². The van der Waals surface area contributed by atoms with Gasteiger partial charge in [0.1, 0.15) is 0 Å². The standard InChI is InChI=1S/C15H25N3OS/c1-15(2,3)10-13(19)16-7-6-12-11-20-14(17-12)18-8-4-5-9-18/h11H,4-10H2,1-3H3,(H,16,19). The number of rotatable bonds is 5. The van der Waals surface area contributed by atoms with E-state index in [9.17, 15) is 4.79 Å². The van der Waals surface area contributed by atoms with Crippen LogP contribution in [0.4, 0.5) is 5.13 Å². The van der Waals surface area contributed by atoms with Gasteiger partial charge in [-0.3, -0.25) is 4.79 Å². The van der Waals surface area contributed by atoms with Crippen LogP contribution in [0.3, 0.4) is 0 Å². The van der Waals surface area contributed by atoms with E-state index in [1.54, 1.807) is 11.3 Å². The number of nitrogens with one attached hydrogen (secondary N) is 1. The molecule has 1 amide bonds. The SMILES string of the molecule is CC(C)(C)CC(=O)NCCc1csc(N2CCCC2)n1. The number of thiazole rings is 1. The Morgan fingerprint density at radius 1 is 1.40 bits per heavy atom. The fourth-order valence-corrected chi connectivity index (χ4v) is 3.25. The molecule has 0 aromatic carbocycles. The summed E-state index contributed by atoms with van der Waals surface area (Å²) in [6, 6.07) is 0. The summed E-state index contributed by atoms with van der Waals surface area (Å²) in [5.41, 5.74) is 1.14. The van der Waals surface area contributed by atoms with Crippen LogP contribution < -0.4 is 10.2 Å². The van der Waals surface area contributed by atoms with E-state index in [4.69, 9.17) is 0 Å². The molecule has 0 saturated carbocycles. The van der Waals surface area contributed by atoms with Crippen LogP contribution in [-0.2, 0) is 11.2 Å². The van der Waals surface area contributed by atoms with Crippen molar-refractivity contribution < 1.29 is 4.79 Å². The number of carbonyl (C=O) groups is 1. The van der Waals surface area contributed by atoms with Gasteiger partial charge in [0.2, 0.25) is 5.91 Å². The van der Waals surface area contributed by atoms with Crippen molar-refractivity contribution in [1.29, 1.82) is 0 Å². The molecule has 2 rings (SSSR count). The Balaban J connectivity index is 1.73. The van der Waals surface area contributed by atoms with E-state index < -0.39 is 0 Å². The lowest BCUT2D eigenvalue weighted by molar-refractivity contribution is -0.122. The summed E-state index contributed by atoms with van der Waals surface area (Å²) in [5, 5.41) is 6.23. The molecule has 4 nitrogen and oxygen atoms in total. The van der Waals surface area contributed by atoms with Crippen molar-refractivity contribution >= 4 is 22.4 Å². The normalized spacial score (nSPS) is 15.7. The summed E-state index contributed by atoms with van der Waals surface area (Å²) in [5.74, 6) is 0.132. The number of carbonyl (C=O) groups excluding carboxylic acids is 1. The van der Waals surface area contributed by atoms with Gasteiger partial charge in [0.25, 0.3) is 0 Å². The van der Waals surface area contributed by atoms with E-state index in [-0.39, 0.29) is 11.3 Å². The Kier molecular flexibility index (Phi) is 5.02. The molecule has 1 aromatic rings. The quantitative estimate of drug-likeness (QED) is 0.908. The maximum atomic E-state index is 11.7. The van der Waals surface area contributed by atoms with Gasteiger partial charge in [0, 0.05) is 37.9 Å². The Morgan fingerprint density at radius 3 is 2.75 bits per heavy atom. The monoisotopic (exact) mass is 295 g/mol. The van der Waals surface area contributed by atoms with Crippen LogP contribution in [-0.4, -0.2) is 30.5 Å². The average Bonchev–Trinajstić information content (AvgIpc) is 2.96. The molecule has 1 aliphatic heterocycles. The second-order valence-corrected chi connectivity index (χ2v) is 7.49. The Hall–Kier alpha value is -1.10. The summed E-state index contributed by atoms with van der Waals surface area (Å²) in [6.45, 7) is 9.18. The molecular weight excluding hydrogens is 270 g/mol. The summed E-state index contributed by atoms with van der Waals surface area (Å²) in [4.78, 5) is 18.7. The van der Waals surface area contributed by atoms with Gasteiger partial charge in [0.15, 0.2) is 5.13 Å². The number of nitrogens with zero attached hydrogens (tertiary/aromatic N) is 2. The maximum Gasteiger partial charge on any atom is 0.220 e. The van der Waals surface area contributed by atoms with E-state index >= 15 is 0 Å². The molecule has 112 valence electrons. The van der Waals surface area contributed by atoms with Gasteiger partial charge >= 0.3 is 0 Å². The summed E-state index contributed by atoms with van der Waals surface area (Å²) >= 11 is 1.72. The van der Waals surface area contributed by atoms with Crippen LogP contribution in [0.25, 0.3) is 0 Å². The molecule has 1 saturated heterocycles. The molecule has 1 fully saturated rings. The van der Waals surface area contributed by atoms with Crippen LogP contribution in [0.5, 0.6) is 0 Å². The Labute approximate surface area is 125 Å². The number of hydrogen-bond donors (Lipinski definition) is 1. The van der Waals surface area contributed by atoms with E-state index in [2.05, 4.69) is 41.4 Å². The molecule has 20 heavy (non-hydrogen) atoms. The molecule has 0 aliphatic carbocycles. The van der Waals surface area contributed by atoms with E-state index in [1.807, 2.05) is 0 Å². The van der Waals surface area contributed by atoms with Crippen molar-refractivity contribution in [3.63, 3.8) is 0 Å². The van der Waals surface area contributed by atoms with Crippen molar-refractivity contribution in [3.05, 3.63) is 11.1 Å². The molecule has 1 aliphatic rings. The van der Waals surface area contributed by atoms with Crippen molar-refractivity contribution in [2.75, 3.05) is 24.5 Å². The number of hydrogen-bond acceptors (Lipinski definition) is 4. The highest BCUT2D eigenvalue weighted by atomic mass is 32.1. The predicted molar refractivity (Wildman–Crippen MR) is 84.3 cm³/mol. The highest BCUT2D eigenvalue weighted by molar-refractivity contribution is 7.13. The third-order valence-electron chi connectivity index (χ3n) is 3.31. The molecule has 1 N–H and O–H groups in total. The first-order valence-corrected chi connectivity index (χ1v) is 8.28. The van der Waals surface area contributed by atoms with Gasteiger partial charge < -0.3 is 10.2 Å². The van der Waals surface area contributed by atoms with E-state index in [0.29, 0.717) is 13.0 Å². The zero-order valence-electron chi connectivity index (χ0n) is 12.7. The number of aromatic nitrogens is 1. The highest BCUT2D eigenvalue weighted by Gasteiger charge is 2.17. The van der Waals surface area contributed by atoms with Gasteiger partial charge in [-0.2, -0.15) is 0 Å². The molecule has 1 aromatic heterocycles. The Morgan fingerprint density at radius 2 is 2.10 bits per heavy atom. The third-order valence-corrected chi connectivity index (χ3v) is 4.26. The van der Waals surface area contributed by atoms with E-state index in [1.165, 1.54) is 12.8 Å². The first kappa shape index (κ1) is 15.3. The van der Waals surface area contributed by atoms with Crippen molar-refractivity contribution in [2.45, 2.75) is 46.5 Å². The smallest absolute Gasteiger partial charge is 0.220 e. The minimum atomic E-state index is 0.0492. The average molecular weight is 295 g/mol. The van der Waals surface area contributed by atoms with E-state index in [0.717, 1.165) is 30.3 Å². The molecule has 0 atom stereocenters. The summed E-state index contributed by atoms with van der Waals surface area (Å²) < 4.78 is 0. The molecule has 0 radical (unpaired) electrons. The predicted octanol–water partition coefficient (Wildman–Crippen LogP) is 2.84. The second kappa shape index (κ2) is 6.57. The molecule has 2 heterocycles. The first-order valence-electron chi connectivity index (χ1n) is 7.40. The largest absolute Gasteiger partial charge is 0.356 e. The first-order chi connectivity index (χ1) is 9.44. The molecule has 0 bridgehead atoms. The minimum absolute atomic E-state index is 0.0492. The van der Waals surface area contributed by atoms with Gasteiger partial charge in [-0.15, -0.1) is 11.3 Å². The summed E-state index contributed by atoms with van der Waals surface area (Å²) in [6.07, 6.45) is 3.94. The maximum absolute atomic E-state index is 11.7. The van der Waals surface area contributed by atoms with Crippen LogP contribution in [0.15, 0.2) is 5.38 Å². The Bertz CT molecular complexity index is 444. The highest BCUT2D eigenvalue weighted by Crippen LogP contribution is 2.24. The lowest BCUT2D eigenvalue weighted by Crippen LogP contribution is -2.29. The van der Waals surface area contributed by atoms with Crippen molar-refractivity contribution in [3.8, 4) is 0 Å².